The maximum atomic E-state index is 4.13. The summed E-state index contributed by atoms with van der Waals surface area (Å²) in [6.45, 7) is 16.8. The molecule has 94 valence electrons. The molecule has 0 saturated carbocycles. The first kappa shape index (κ1) is 13.8. The van der Waals surface area contributed by atoms with Crippen LogP contribution in [0.2, 0.25) is 0 Å². The molecule has 0 aromatic carbocycles. The summed E-state index contributed by atoms with van der Waals surface area (Å²) < 4.78 is 0. The summed E-state index contributed by atoms with van der Waals surface area (Å²) in [5.41, 5.74) is 7.95. The topological polar surface area (TPSA) is 12.0 Å². The molecule has 1 rings (SSSR count). The van der Waals surface area contributed by atoms with Gasteiger partial charge in [0.05, 0.1) is 0 Å². The molecular formula is C16H25N. The van der Waals surface area contributed by atoms with Crippen molar-refractivity contribution in [2.24, 2.45) is 0 Å². The van der Waals surface area contributed by atoms with E-state index in [4.69, 9.17) is 0 Å². The largest absolute Gasteiger partial charge is 0.362 e. The van der Waals surface area contributed by atoms with Crippen molar-refractivity contribution in [2.45, 2.75) is 53.4 Å². The first-order chi connectivity index (χ1) is 8.04. The fourth-order valence-electron chi connectivity index (χ4n) is 2.46. The van der Waals surface area contributed by atoms with Crippen molar-refractivity contribution >= 4 is 0 Å². The van der Waals surface area contributed by atoms with Gasteiger partial charge in [-0.1, -0.05) is 39.5 Å². The Morgan fingerprint density at radius 2 is 1.82 bits per heavy atom. The average Bonchev–Trinajstić information content (AvgIpc) is 2.66. The molecule has 1 heteroatoms. The van der Waals surface area contributed by atoms with Gasteiger partial charge in [0.1, 0.15) is 0 Å². The van der Waals surface area contributed by atoms with Gasteiger partial charge in [0.2, 0.25) is 0 Å². The van der Waals surface area contributed by atoms with Crippen molar-refractivity contribution in [1.29, 1.82) is 0 Å². The molecule has 0 saturated heterocycles. The van der Waals surface area contributed by atoms with Gasteiger partial charge in [0.25, 0.3) is 0 Å². The lowest BCUT2D eigenvalue weighted by Crippen LogP contribution is -2.12. The molecule has 0 aliphatic heterocycles. The van der Waals surface area contributed by atoms with E-state index in [9.17, 15) is 0 Å². The van der Waals surface area contributed by atoms with Crippen molar-refractivity contribution in [3.63, 3.8) is 0 Å². The Morgan fingerprint density at radius 3 is 2.24 bits per heavy atom. The van der Waals surface area contributed by atoms with Crippen molar-refractivity contribution in [1.82, 2.24) is 5.32 Å². The highest BCUT2D eigenvalue weighted by molar-refractivity contribution is 5.55. The van der Waals surface area contributed by atoms with Crippen LogP contribution in [0.15, 0.2) is 46.8 Å². The third-order valence-corrected chi connectivity index (χ3v) is 3.38. The molecule has 0 aromatic heterocycles. The molecule has 0 spiro atoms. The number of allylic oxidation sites excluding steroid dienone is 5. The number of hydrogen-bond donors (Lipinski definition) is 1. The first-order valence-electron chi connectivity index (χ1n) is 6.60. The van der Waals surface area contributed by atoms with E-state index in [1.54, 1.807) is 5.57 Å². The minimum absolute atomic E-state index is 0.968. The molecule has 1 aliphatic carbocycles. The first-order valence-corrected chi connectivity index (χ1v) is 6.60. The van der Waals surface area contributed by atoms with Gasteiger partial charge in [-0.3, -0.25) is 0 Å². The lowest BCUT2D eigenvalue weighted by Gasteiger charge is -2.13. The summed E-state index contributed by atoms with van der Waals surface area (Å²) in [7, 11) is 0. The summed E-state index contributed by atoms with van der Waals surface area (Å²) in [6.07, 6.45) is 4.23. The Labute approximate surface area is 106 Å². The lowest BCUT2D eigenvalue weighted by atomic mass is 9.97. The molecule has 0 atom stereocenters. The summed E-state index contributed by atoms with van der Waals surface area (Å²) in [5, 5.41) is 3.47. The van der Waals surface area contributed by atoms with Gasteiger partial charge in [-0.05, 0) is 42.9 Å². The van der Waals surface area contributed by atoms with Gasteiger partial charge in [0.15, 0.2) is 0 Å². The highest BCUT2D eigenvalue weighted by Gasteiger charge is 2.22. The molecule has 0 heterocycles. The third-order valence-electron chi connectivity index (χ3n) is 3.38. The van der Waals surface area contributed by atoms with E-state index in [1.165, 1.54) is 16.8 Å². The van der Waals surface area contributed by atoms with Gasteiger partial charge in [0, 0.05) is 17.8 Å². The van der Waals surface area contributed by atoms with Crippen LogP contribution in [0.5, 0.6) is 0 Å². The Hall–Kier alpha value is -1.24. The zero-order valence-corrected chi connectivity index (χ0v) is 11.7. The maximum Gasteiger partial charge on any atom is 0.0268 e. The standard InChI is InChI=1S/C16H25N/c1-7-12(6)17-15-10-13(8-2)14(9-3)16(15)11(4)5/h17H,4,6-10H2,1-3,5H3. The van der Waals surface area contributed by atoms with E-state index in [-0.39, 0.29) is 0 Å². The Balaban J connectivity index is 3.07. The fraction of sp³-hybridized carbons (Fsp3) is 0.500. The smallest absolute Gasteiger partial charge is 0.0268 e. The highest BCUT2D eigenvalue weighted by atomic mass is 14.9. The molecule has 1 N–H and O–H groups in total. The minimum atomic E-state index is 0.968. The molecule has 0 amide bonds. The Bertz CT molecular complexity index is 394. The van der Waals surface area contributed by atoms with Crippen molar-refractivity contribution in [2.75, 3.05) is 0 Å². The normalized spacial score (nSPS) is 15.5. The third kappa shape index (κ3) is 2.91. The van der Waals surface area contributed by atoms with Crippen molar-refractivity contribution in [3.8, 4) is 0 Å². The van der Waals surface area contributed by atoms with Crippen LogP contribution in [0.25, 0.3) is 0 Å². The van der Waals surface area contributed by atoms with E-state index >= 15 is 0 Å². The number of hydrogen-bond acceptors (Lipinski definition) is 1. The van der Waals surface area contributed by atoms with Gasteiger partial charge in [-0.25, -0.2) is 0 Å². The second kappa shape index (κ2) is 5.90. The van der Waals surface area contributed by atoms with Crippen LogP contribution in [-0.4, -0.2) is 0 Å². The molecule has 1 nitrogen and oxygen atoms in total. The quantitative estimate of drug-likeness (QED) is 0.689. The fourth-order valence-corrected chi connectivity index (χ4v) is 2.46. The summed E-state index contributed by atoms with van der Waals surface area (Å²) in [4.78, 5) is 0. The van der Waals surface area contributed by atoms with E-state index in [1.807, 2.05) is 0 Å². The number of rotatable bonds is 6. The summed E-state index contributed by atoms with van der Waals surface area (Å²) >= 11 is 0. The van der Waals surface area contributed by atoms with E-state index in [2.05, 4.69) is 46.2 Å². The summed E-state index contributed by atoms with van der Waals surface area (Å²) in [6, 6.07) is 0. The predicted octanol–water partition coefficient (Wildman–Crippen LogP) is 4.85. The average molecular weight is 231 g/mol. The monoisotopic (exact) mass is 231 g/mol. The SMILES string of the molecule is C=C(CC)NC1=C(C(=C)C)C(CC)=C(CC)C1. The van der Waals surface area contributed by atoms with Crippen molar-refractivity contribution in [3.05, 3.63) is 46.8 Å². The summed E-state index contributed by atoms with van der Waals surface area (Å²) in [5.74, 6) is 0. The van der Waals surface area contributed by atoms with Gasteiger partial charge >= 0.3 is 0 Å². The molecular weight excluding hydrogens is 206 g/mol. The molecule has 1 aliphatic rings. The van der Waals surface area contributed by atoms with Gasteiger partial charge < -0.3 is 5.32 Å². The zero-order chi connectivity index (χ0) is 13.0. The molecule has 0 unspecified atom stereocenters. The molecule has 0 fully saturated rings. The molecule has 0 aromatic rings. The Morgan fingerprint density at radius 1 is 1.18 bits per heavy atom. The van der Waals surface area contributed by atoms with Gasteiger partial charge in [-0.15, -0.1) is 0 Å². The lowest BCUT2D eigenvalue weighted by molar-refractivity contribution is 0.849. The molecule has 0 bridgehead atoms. The van der Waals surface area contributed by atoms with Gasteiger partial charge in [-0.2, -0.15) is 0 Å². The van der Waals surface area contributed by atoms with Crippen LogP contribution >= 0.6 is 0 Å². The highest BCUT2D eigenvalue weighted by Crippen LogP contribution is 2.38. The maximum absolute atomic E-state index is 4.13. The van der Waals surface area contributed by atoms with E-state index < -0.39 is 0 Å². The number of nitrogens with one attached hydrogen (secondary N) is 1. The van der Waals surface area contributed by atoms with E-state index in [0.29, 0.717) is 0 Å². The van der Waals surface area contributed by atoms with Crippen LogP contribution in [0, 0.1) is 0 Å². The minimum Gasteiger partial charge on any atom is -0.362 e. The van der Waals surface area contributed by atoms with Crippen LogP contribution in [0.1, 0.15) is 53.4 Å². The zero-order valence-electron chi connectivity index (χ0n) is 11.7. The van der Waals surface area contributed by atoms with Crippen LogP contribution < -0.4 is 5.32 Å². The van der Waals surface area contributed by atoms with Crippen LogP contribution in [0.4, 0.5) is 0 Å². The van der Waals surface area contributed by atoms with Crippen molar-refractivity contribution < 1.29 is 0 Å². The second-order valence-corrected chi connectivity index (χ2v) is 4.68. The predicted molar refractivity (Wildman–Crippen MR) is 76.6 cm³/mol. The van der Waals surface area contributed by atoms with Crippen LogP contribution in [-0.2, 0) is 0 Å². The molecule has 0 radical (unpaired) electrons. The van der Waals surface area contributed by atoms with E-state index in [0.717, 1.165) is 37.0 Å². The molecule has 17 heavy (non-hydrogen) atoms. The Kier molecular flexibility index (Phi) is 4.80. The second-order valence-electron chi connectivity index (χ2n) is 4.68. The van der Waals surface area contributed by atoms with Crippen LogP contribution in [0.3, 0.4) is 0 Å².